The molecule has 4 aromatic rings. The quantitative estimate of drug-likeness (QED) is 0.187. The van der Waals surface area contributed by atoms with Gasteiger partial charge in [-0.1, -0.05) is 79.6 Å². The molecular weight excluding hydrogens is 528 g/mol. The van der Waals surface area contributed by atoms with E-state index in [2.05, 4.69) is 11.9 Å². The molecule has 0 saturated heterocycles. The van der Waals surface area contributed by atoms with Crippen LogP contribution in [0.15, 0.2) is 93.2 Å². The van der Waals surface area contributed by atoms with Crippen molar-refractivity contribution < 1.29 is 14.3 Å². The fourth-order valence-electron chi connectivity index (χ4n) is 4.45. The van der Waals surface area contributed by atoms with Crippen LogP contribution in [0.5, 0.6) is 5.75 Å². The molecule has 8 heteroatoms. The van der Waals surface area contributed by atoms with Crippen LogP contribution in [0.1, 0.15) is 55.2 Å². The zero-order valence-corrected chi connectivity index (χ0v) is 23.6. The maximum atomic E-state index is 13.7. The van der Waals surface area contributed by atoms with E-state index in [0.29, 0.717) is 27.2 Å². The number of allylic oxidation sites excluding steroid dienone is 1. The number of esters is 1. The zero-order valence-electron chi connectivity index (χ0n) is 22.0. The number of thiazole rings is 1. The Labute approximate surface area is 235 Å². The Morgan fingerprint density at radius 1 is 1.05 bits per heavy atom. The van der Waals surface area contributed by atoms with Gasteiger partial charge in [-0.3, -0.25) is 9.36 Å². The predicted octanol–water partition coefficient (Wildman–Crippen LogP) is 5.61. The molecule has 39 heavy (non-hydrogen) atoms. The number of hydrogen-bond acceptors (Lipinski definition) is 7. The van der Waals surface area contributed by atoms with Crippen LogP contribution in [0.3, 0.4) is 0 Å². The van der Waals surface area contributed by atoms with Crippen molar-refractivity contribution in [2.75, 3.05) is 6.61 Å². The van der Waals surface area contributed by atoms with Crippen molar-refractivity contribution in [3.05, 3.63) is 119 Å². The predicted molar refractivity (Wildman–Crippen MR) is 156 cm³/mol. The summed E-state index contributed by atoms with van der Waals surface area (Å²) in [5.74, 6) is 0.346. The van der Waals surface area contributed by atoms with Gasteiger partial charge >= 0.3 is 5.97 Å². The second-order valence-electron chi connectivity index (χ2n) is 9.28. The molecule has 2 aromatic carbocycles. The molecule has 3 heterocycles. The van der Waals surface area contributed by atoms with Crippen LogP contribution >= 0.6 is 22.7 Å². The number of rotatable bonds is 10. The number of ether oxygens (including phenoxy) is 2. The van der Waals surface area contributed by atoms with Gasteiger partial charge in [0.1, 0.15) is 18.4 Å². The Balaban J connectivity index is 1.45. The largest absolute Gasteiger partial charge is 0.494 e. The Morgan fingerprint density at radius 2 is 1.85 bits per heavy atom. The van der Waals surface area contributed by atoms with Gasteiger partial charge in [0.2, 0.25) is 0 Å². The topological polar surface area (TPSA) is 69.9 Å². The monoisotopic (exact) mass is 558 g/mol. The number of nitrogens with zero attached hydrogens (tertiary/aromatic N) is 2. The summed E-state index contributed by atoms with van der Waals surface area (Å²) in [7, 11) is 0. The van der Waals surface area contributed by atoms with Gasteiger partial charge in [0, 0.05) is 4.88 Å². The van der Waals surface area contributed by atoms with Gasteiger partial charge in [0.15, 0.2) is 4.80 Å². The van der Waals surface area contributed by atoms with Crippen molar-refractivity contribution in [2.24, 2.45) is 4.99 Å². The lowest BCUT2D eigenvalue weighted by molar-refractivity contribution is -0.140. The summed E-state index contributed by atoms with van der Waals surface area (Å²) >= 11 is 2.83. The van der Waals surface area contributed by atoms with Crippen molar-refractivity contribution in [1.29, 1.82) is 0 Å². The standard InChI is InChI=1S/C31H30N2O4S2/c1-3-4-8-17-36-24-15-13-22(14-16-24)19-26-29(34)33-28(25-12-9-18-38-25)27(21(2)32-31(33)39-26)30(35)37-20-23-10-6-5-7-11-23/h5-7,9-16,18-19,28H,3-4,8,17,20H2,1-2H3/b26-19+. The zero-order chi connectivity index (χ0) is 27.2. The van der Waals surface area contributed by atoms with E-state index in [4.69, 9.17) is 9.47 Å². The minimum Gasteiger partial charge on any atom is -0.494 e. The van der Waals surface area contributed by atoms with E-state index in [9.17, 15) is 9.59 Å². The lowest BCUT2D eigenvalue weighted by atomic mass is 10.0. The highest BCUT2D eigenvalue weighted by molar-refractivity contribution is 7.10. The fraction of sp³-hybridized carbons (Fsp3) is 0.258. The number of carbonyl (C=O) groups excluding carboxylic acids is 1. The smallest absolute Gasteiger partial charge is 0.338 e. The number of thiophene rings is 1. The highest BCUT2D eigenvalue weighted by atomic mass is 32.1. The van der Waals surface area contributed by atoms with Crippen LogP contribution in [0, 0.1) is 0 Å². The first kappa shape index (κ1) is 26.8. The minimum absolute atomic E-state index is 0.149. The third-order valence-electron chi connectivity index (χ3n) is 6.46. The molecule has 0 N–H and O–H groups in total. The molecule has 0 amide bonds. The molecule has 2 aromatic heterocycles. The molecule has 1 unspecified atom stereocenters. The van der Waals surface area contributed by atoms with E-state index in [1.54, 1.807) is 11.5 Å². The Bertz CT molecular complexity index is 1630. The summed E-state index contributed by atoms with van der Waals surface area (Å²) in [4.78, 5) is 33.2. The van der Waals surface area contributed by atoms with E-state index in [1.807, 2.05) is 78.2 Å². The first-order chi connectivity index (χ1) is 19.0. The van der Waals surface area contributed by atoms with Crippen molar-refractivity contribution in [2.45, 2.75) is 45.8 Å². The first-order valence-electron chi connectivity index (χ1n) is 13.0. The van der Waals surface area contributed by atoms with Gasteiger partial charge in [0.25, 0.3) is 5.56 Å². The number of aromatic nitrogens is 1. The summed E-state index contributed by atoms with van der Waals surface area (Å²) < 4.78 is 13.7. The number of fused-ring (bicyclic) bond motifs is 1. The van der Waals surface area contributed by atoms with Gasteiger partial charge in [-0.2, -0.15) is 0 Å². The lowest BCUT2D eigenvalue weighted by Crippen LogP contribution is -2.39. The molecule has 0 spiro atoms. The second kappa shape index (κ2) is 12.4. The van der Waals surface area contributed by atoms with Crippen molar-refractivity contribution in [1.82, 2.24) is 4.57 Å². The van der Waals surface area contributed by atoms with E-state index < -0.39 is 12.0 Å². The first-order valence-corrected chi connectivity index (χ1v) is 14.7. The molecule has 6 nitrogen and oxygen atoms in total. The van der Waals surface area contributed by atoms with Gasteiger partial charge in [-0.15, -0.1) is 11.3 Å². The van der Waals surface area contributed by atoms with E-state index in [1.165, 1.54) is 22.7 Å². The number of benzene rings is 2. The van der Waals surface area contributed by atoms with Gasteiger partial charge in [-0.25, -0.2) is 9.79 Å². The maximum absolute atomic E-state index is 13.7. The molecule has 1 aliphatic heterocycles. The summed E-state index contributed by atoms with van der Waals surface area (Å²) in [6.45, 7) is 4.82. The minimum atomic E-state index is -0.592. The SMILES string of the molecule is CCCCCOc1ccc(/C=c2/sc3n(c2=O)C(c2cccs2)C(C(=O)OCc2ccccc2)=C(C)N=3)cc1. The average Bonchev–Trinajstić information content (AvgIpc) is 3.59. The molecule has 0 bridgehead atoms. The summed E-state index contributed by atoms with van der Waals surface area (Å²) in [5, 5.41) is 1.94. The molecule has 0 aliphatic carbocycles. The van der Waals surface area contributed by atoms with E-state index in [-0.39, 0.29) is 12.2 Å². The molecule has 0 radical (unpaired) electrons. The molecule has 5 rings (SSSR count). The third-order valence-corrected chi connectivity index (χ3v) is 8.37. The molecule has 0 saturated carbocycles. The Hall–Kier alpha value is -3.75. The lowest BCUT2D eigenvalue weighted by Gasteiger charge is -2.23. The fourth-order valence-corrected chi connectivity index (χ4v) is 6.32. The van der Waals surface area contributed by atoms with Crippen LogP contribution in [-0.2, 0) is 16.1 Å². The molecule has 1 atom stereocenters. The Morgan fingerprint density at radius 3 is 2.56 bits per heavy atom. The Kier molecular flexibility index (Phi) is 8.54. The molecule has 200 valence electrons. The van der Waals surface area contributed by atoms with Crippen molar-refractivity contribution in [3.63, 3.8) is 0 Å². The molecule has 1 aliphatic rings. The second-order valence-corrected chi connectivity index (χ2v) is 11.3. The summed E-state index contributed by atoms with van der Waals surface area (Å²) in [6, 6.07) is 20.6. The van der Waals surface area contributed by atoms with Gasteiger partial charge in [0.05, 0.1) is 22.4 Å². The average molecular weight is 559 g/mol. The van der Waals surface area contributed by atoms with Gasteiger partial charge < -0.3 is 9.47 Å². The normalized spacial score (nSPS) is 15.1. The van der Waals surface area contributed by atoms with E-state index >= 15 is 0 Å². The third kappa shape index (κ3) is 6.13. The summed E-state index contributed by atoms with van der Waals surface area (Å²) in [5.41, 5.74) is 2.55. The van der Waals surface area contributed by atoms with Gasteiger partial charge in [-0.05, 0) is 54.1 Å². The van der Waals surface area contributed by atoms with Crippen molar-refractivity contribution in [3.8, 4) is 5.75 Å². The van der Waals surface area contributed by atoms with Crippen LogP contribution in [0.2, 0.25) is 0 Å². The number of hydrogen-bond donors (Lipinski definition) is 0. The highest BCUT2D eigenvalue weighted by Gasteiger charge is 2.34. The van der Waals surface area contributed by atoms with E-state index in [0.717, 1.165) is 41.0 Å². The molecule has 0 fully saturated rings. The van der Waals surface area contributed by atoms with Crippen molar-refractivity contribution >= 4 is 34.7 Å². The highest BCUT2D eigenvalue weighted by Crippen LogP contribution is 2.33. The number of carbonyl (C=O) groups is 1. The van der Waals surface area contributed by atoms with Crippen LogP contribution < -0.4 is 19.6 Å². The van der Waals surface area contributed by atoms with Crippen LogP contribution in [0.25, 0.3) is 6.08 Å². The maximum Gasteiger partial charge on any atom is 0.338 e. The summed E-state index contributed by atoms with van der Waals surface area (Å²) in [6.07, 6.45) is 5.20. The molecular formula is C31H30N2O4S2. The number of unbranched alkanes of at least 4 members (excludes halogenated alkanes) is 2. The van der Waals surface area contributed by atoms with Crippen LogP contribution in [0.4, 0.5) is 0 Å². The van der Waals surface area contributed by atoms with Crippen LogP contribution in [-0.4, -0.2) is 17.1 Å².